The Morgan fingerprint density at radius 3 is 2.62 bits per heavy atom. The number of rotatable bonds is 8. The fourth-order valence-corrected chi connectivity index (χ4v) is 1.89. The van der Waals surface area contributed by atoms with Crippen LogP contribution in [0.4, 0.5) is 0 Å². The fraction of sp³-hybridized carbons (Fsp3) is 0.353. The number of benzene rings is 1. The highest BCUT2D eigenvalue weighted by atomic mass is 16.5. The number of ether oxygens (including phenoxy) is 2. The number of pyridine rings is 1. The molecule has 4 heteroatoms. The van der Waals surface area contributed by atoms with E-state index in [9.17, 15) is 0 Å². The molecule has 0 atom stereocenters. The molecular weight excluding hydrogens is 264 g/mol. The molecule has 0 saturated carbocycles. The molecule has 2 rings (SSSR count). The summed E-state index contributed by atoms with van der Waals surface area (Å²) in [5, 5.41) is 3.29. The van der Waals surface area contributed by atoms with Crippen LogP contribution in [0.5, 0.6) is 17.2 Å². The molecule has 21 heavy (non-hydrogen) atoms. The van der Waals surface area contributed by atoms with Crippen molar-refractivity contribution >= 4 is 0 Å². The van der Waals surface area contributed by atoms with Gasteiger partial charge in [-0.25, -0.2) is 0 Å². The van der Waals surface area contributed by atoms with Crippen molar-refractivity contribution in [2.45, 2.75) is 26.8 Å². The third-order valence-electron chi connectivity index (χ3n) is 2.96. The van der Waals surface area contributed by atoms with Gasteiger partial charge in [0.1, 0.15) is 5.75 Å². The van der Waals surface area contributed by atoms with Crippen LogP contribution in [-0.4, -0.2) is 18.1 Å². The molecule has 0 fully saturated rings. The van der Waals surface area contributed by atoms with Crippen LogP contribution in [0.2, 0.25) is 0 Å². The van der Waals surface area contributed by atoms with Crippen LogP contribution in [0.25, 0.3) is 0 Å². The maximum Gasteiger partial charge on any atom is 0.169 e. The van der Waals surface area contributed by atoms with E-state index in [0.29, 0.717) is 6.61 Å². The van der Waals surface area contributed by atoms with Crippen molar-refractivity contribution < 1.29 is 9.47 Å². The molecule has 112 valence electrons. The highest BCUT2D eigenvalue weighted by Crippen LogP contribution is 2.32. The molecule has 0 aliphatic carbocycles. The fourth-order valence-electron chi connectivity index (χ4n) is 1.89. The minimum Gasteiger partial charge on any atom is -0.490 e. The lowest BCUT2D eigenvalue weighted by Gasteiger charge is -2.14. The van der Waals surface area contributed by atoms with E-state index in [1.165, 1.54) is 0 Å². The molecule has 0 aliphatic heterocycles. The maximum atomic E-state index is 6.03. The van der Waals surface area contributed by atoms with Crippen molar-refractivity contribution in [2.75, 3.05) is 13.2 Å². The van der Waals surface area contributed by atoms with Crippen LogP contribution in [0.3, 0.4) is 0 Å². The third-order valence-corrected chi connectivity index (χ3v) is 2.96. The number of hydrogen-bond acceptors (Lipinski definition) is 4. The van der Waals surface area contributed by atoms with Gasteiger partial charge in [0.25, 0.3) is 0 Å². The predicted octanol–water partition coefficient (Wildman–Crippen LogP) is 3.77. The van der Waals surface area contributed by atoms with Crippen molar-refractivity contribution in [3.05, 3.63) is 48.3 Å². The van der Waals surface area contributed by atoms with Gasteiger partial charge >= 0.3 is 0 Å². The SMILES string of the molecule is CCCOc1ccccc1Oc1ccncc1CNCC. The highest BCUT2D eigenvalue weighted by molar-refractivity contribution is 5.44. The average Bonchev–Trinajstić information content (AvgIpc) is 2.53. The number of hydrogen-bond donors (Lipinski definition) is 1. The second kappa shape index (κ2) is 8.27. The summed E-state index contributed by atoms with van der Waals surface area (Å²) in [5.74, 6) is 2.30. The predicted molar refractivity (Wildman–Crippen MR) is 83.9 cm³/mol. The first kappa shape index (κ1) is 15.3. The number of nitrogens with one attached hydrogen (secondary N) is 1. The minimum absolute atomic E-state index is 0.682. The monoisotopic (exact) mass is 286 g/mol. The van der Waals surface area contributed by atoms with Crippen LogP contribution in [0.15, 0.2) is 42.7 Å². The quantitative estimate of drug-likeness (QED) is 0.802. The Morgan fingerprint density at radius 1 is 1.05 bits per heavy atom. The second-order valence-corrected chi connectivity index (χ2v) is 4.66. The molecule has 0 unspecified atom stereocenters. The van der Waals surface area contributed by atoms with Crippen molar-refractivity contribution in [3.63, 3.8) is 0 Å². The first-order valence-corrected chi connectivity index (χ1v) is 7.38. The van der Waals surface area contributed by atoms with Crippen LogP contribution in [0, 0.1) is 0 Å². The van der Waals surface area contributed by atoms with Gasteiger partial charge in [-0.15, -0.1) is 0 Å². The molecule has 4 nitrogen and oxygen atoms in total. The zero-order valence-electron chi connectivity index (χ0n) is 12.6. The van der Waals surface area contributed by atoms with E-state index >= 15 is 0 Å². The van der Waals surface area contributed by atoms with Crippen LogP contribution in [-0.2, 0) is 6.54 Å². The summed E-state index contributed by atoms with van der Waals surface area (Å²) in [6.45, 7) is 6.48. The van der Waals surface area contributed by atoms with Crippen molar-refractivity contribution in [2.24, 2.45) is 0 Å². The summed E-state index contributed by atoms with van der Waals surface area (Å²) < 4.78 is 11.8. The molecule has 2 aromatic rings. The lowest BCUT2D eigenvalue weighted by atomic mass is 10.2. The highest BCUT2D eigenvalue weighted by Gasteiger charge is 2.09. The zero-order valence-corrected chi connectivity index (χ0v) is 12.6. The van der Waals surface area contributed by atoms with Gasteiger partial charge in [0.05, 0.1) is 6.61 Å². The first-order chi connectivity index (χ1) is 10.3. The van der Waals surface area contributed by atoms with E-state index in [1.807, 2.05) is 36.5 Å². The lowest BCUT2D eigenvalue weighted by molar-refractivity contribution is 0.301. The Balaban J connectivity index is 2.18. The maximum absolute atomic E-state index is 6.03. The molecular formula is C17H22N2O2. The number of nitrogens with zero attached hydrogens (tertiary/aromatic N) is 1. The van der Waals surface area contributed by atoms with E-state index in [2.05, 4.69) is 24.1 Å². The Morgan fingerprint density at radius 2 is 1.86 bits per heavy atom. The molecule has 0 amide bonds. The van der Waals surface area contributed by atoms with Gasteiger partial charge in [-0.2, -0.15) is 0 Å². The van der Waals surface area contributed by atoms with Crippen LogP contribution < -0.4 is 14.8 Å². The summed E-state index contributed by atoms with van der Waals surface area (Å²) in [6.07, 6.45) is 4.53. The normalized spacial score (nSPS) is 10.4. The zero-order chi connectivity index (χ0) is 14.9. The Labute approximate surface area is 126 Å². The molecule has 1 aromatic carbocycles. The molecule has 1 aromatic heterocycles. The van der Waals surface area contributed by atoms with E-state index in [-0.39, 0.29) is 0 Å². The van der Waals surface area contributed by atoms with Gasteiger partial charge in [-0.1, -0.05) is 26.0 Å². The lowest BCUT2D eigenvalue weighted by Crippen LogP contribution is -2.12. The van der Waals surface area contributed by atoms with Crippen LogP contribution in [0.1, 0.15) is 25.8 Å². The molecule has 0 radical (unpaired) electrons. The molecule has 1 N–H and O–H groups in total. The van der Waals surface area contributed by atoms with E-state index in [4.69, 9.17) is 9.47 Å². The topological polar surface area (TPSA) is 43.4 Å². The van der Waals surface area contributed by atoms with Gasteiger partial charge in [-0.3, -0.25) is 4.98 Å². The summed E-state index contributed by atoms with van der Waals surface area (Å²) in [6, 6.07) is 9.62. The largest absolute Gasteiger partial charge is 0.490 e. The van der Waals surface area contributed by atoms with Crippen molar-refractivity contribution in [1.29, 1.82) is 0 Å². The average molecular weight is 286 g/mol. The Bertz CT molecular complexity index is 508. The van der Waals surface area contributed by atoms with Crippen LogP contribution >= 0.6 is 0 Å². The third kappa shape index (κ3) is 4.46. The Hall–Kier alpha value is -2.07. The van der Waals surface area contributed by atoms with Gasteiger partial charge in [-0.05, 0) is 31.2 Å². The van der Waals surface area contributed by atoms with Gasteiger partial charge < -0.3 is 14.8 Å². The second-order valence-electron chi connectivity index (χ2n) is 4.66. The molecule has 0 saturated heterocycles. The smallest absolute Gasteiger partial charge is 0.169 e. The molecule has 1 heterocycles. The van der Waals surface area contributed by atoms with Gasteiger partial charge in [0, 0.05) is 24.5 Å². The van der Waals surface area contributed by atoms with E-state index in [0.717, 1.165) is 42.3 Å². The molecule has 0 aliphatic rings. The van der Waals surface area contributed by atoms with Crippen molar-refractivity contribution in [3.8, 4) is 17.2 Å². The molecule has 0 spiro atoms. The summed E-state index contributed by atoms with van der Waals surface area (Å²) in [4.78, 5) is 4.16. The van der Waals surface area contributed by atoms with Gasteiger partial charge in [0.2, 0.25) is 0 Å². The van der Waals surface area contributed by atoms with Crippen molar-refractivity contribution in [1.82, 2.24) is 10.3 Å². The van der Waals surface area contributed by atoms with E-state index in [1.54, 1.807) is 6.20 Å². The first-order valence-electron chi connectivity index (χ1n) is 7.38. The Kier molecular flexibility index (Phi) is 6.03. The summed E-state index contributed by atoms with van der Waals surface area (Å²) in [7, 11) is 0. The standard InChI is InChI=1S/C17H22N2O2/c1-3-11-20-16-7-5-6-8-17(16)21-15-9-10-19-13-14(15)12-18-4-2/h5-10,13,18H,3-4,11-12H2,1-2H3. The molecule has 0 bridgehead atoms. The number of aromatic nitrogens is 1. The summed E-state index contributed by atoms with van der Waals surface area (Å²) in [5.41, 5.74) is 1.03. The van der Waals surface area contributed by atoms with E-state index < -0.39 is 0 Å². The van der Waals surface area contributed by atoms with Gasteiger partial charge in [0.15, 0.2) is 11.5 Å². The number of para-hydroxylation sites is 2. The summed E-state index contributed by atoms with van der Waals surface area (Å²) >= 11 is 0. The minimum atomic E-state index is 0.682.